The first-order valence-electron chi connectivity index (χ1n) is 7.13. The molecule has 1 aliphatic carbocycles. The van der Waals surface area contributed by atoms with Crippen molar-refractivity contribution in [2.24, 2.45) is 5.41 Å². The summed E-state index contributed by atoms with van der Waals surface area (Å²) in [5.41, 5.74) is 2.89. The summed E-state index contributed by atoms with van der Waals surface area (Å²) in [4.78, 5) is 9.30. The maximum absolute atomic E-state index is 4.79. The van der Waals surface area contributed by atoms with Gasteiger partial charge in [-0.2, -0.15) is 11.8 Å². The van der Waals surface area contributed by atoms with Gasteiger partial charge in [0.25, 0.3) is 0 Å². The van der Waals surface area contributed by atoms with Crippen LogP contribution in [0, 0.1) is 5.41 Å². The molecule has 1 atom stereocenters. The number of nitrogens with zero attached hydrogens (tertiary/aromatic N) is 2. The number of aromatic nitrogens is 2. The summed E-state index contributed by atoms with van der Waals surface area (Å²) in [5, 5.41) is 3.65. The molecule has 1 N–H and O–H groups in total. The third-order valence-corrected chi connectivity index (χ3v) is 4.19. The lowest BCUT2D eigenvalue weighted by atomic mass is 9.74. The zero-order valence-corrected chi connectivity index (χ0v) is 13.3. The van der Waals surface area contributed by atoms with Crippen LogP contribution >= 0.6 is 11.8 Å². The van der Waals surface area contributed by atoms with Gasteiger partial charge in [-0.25, -0.2) is 9.97 Å². The molecule has 2 rings (SSSR count). The molecule has 106 valence electrons. The van der Waals surface area contributed by atoms with E-state index in [1.165, 1.54) is 17.7 Å². The van der Waals surface area contributed by atoms with Gasteiger partial charge in [-0.15, -0.1) is 0 Å². The van der Waals surface area contributed by atoms with Crippen molar-refractivity contribution in [2.75, 3.05) is 12.8 Å². The van der Waals surface area contributed by atoms with Crippen LogP contribution in [0.1, 0.15) is 56.7 Å². The van der Waals surface area contributed by atoms with E-state index in [1.54, 1.807) is 11.8 Å². The highest BCUT2D eigenvalue weighted by atomic mass is 32.2. The van der Waals surface area contributed by atoms with Gasteiger partial charge in [-0.1, -0.05) is 20.8 Å². The average Bonchev–Trinajstić information content (AvgIpc) is 2.34. The molecule has 1 unspecified atom stereocenters. The molecular weight excluding hydrogens is 254 g/mol. The lowest BCUT2D eigenvalue weighted by molar-refractivity contribution is 0.253. The van der Waals surface area contributed by atoms with Crippen LogP contribution in [0.2, 0.25) is 0 Å². The molecule has 0 bridgehead atoms. The van der Waals surface area contributed by atoms with Crippen molar-refractivity contribution >= 4 is 11.8 Å². The molecule has 0 aliphatic heterocycles. The number of rotatable bonds is 5. The molecule has 0 amide bonds. The molecule has 1 aromatic heterocycles. The van der Waals surface area contributed by atoms with Crippen molar-refractivity contribution in [3.63, 3.8) is 0 Å². The van der Waals surface area contributed by atoms with E-state index in [1.807, 2.05) is 0 Å². The zero-order valence-electron chi connectivity index (χ0n) is 12.5. The Balaban J connectivity index is 2.27. The molecule has 4 heteroatoms. The Hall–Kier alpha value is -0.610. The van der Waals surface area contributed by atoms with Crippen LogP contribution in [0.4, 0.5) is 0 Å². The van der Waals surface area contributed by atoms with Crippen molar-refractivity contribution in [3.8, 4) is 0 Å². The van der Waals surface area contributed by atoms with Crippen molar-refractivity contribution in [3.05, 3.63) is 23.3 Å². The second-order valence-corrected chi connectivity index (χ2v) is 7.04. The van der Waals surface area contributed by atoms with Gasteiger partial charge >= 0.3 is 0 Å². The normalized spacial score (nSPS) is 21.2. The molecule has 1 aliphatic rings. The van der Waals surface area contributed by atoms with E-state index in [-0.39, 0.29) is 0 Å². The van der Waals surface area contributed by atoms with Gasteiger partial charge < -0.3 is 5.32 Å². The number of hydrogen-bond acceptors (Lipinski definition) is 4. The van der Waals surface area contributed by atoms with Gasteiger partial charge in [0.05, 0.1) is 5.75 Å². The van der Waals surface area contributed by atoms with Gasteiger partial charge in [-0.05, 0) is 37.5 Å². The van der Waals surface area contributed by atoms with Gasteiger partial charge in [0, 0.05) is 23.5 Å². The molecule has 0 radical (unpaired) electrons. The molecule has 19 heavy (non-hydrogen) atoms. The average molecular weight is 279 g/mol. The summed E-state index contributed by atoms with van der Waals surface area (Å²) >= 11 is 1.78. The van der Waals surface area contributed by atoms with E-state index in [0.29, 0.717) is 11.5 Å². The summed E-state index contributed by atoms with van der Waals surface area (Å²) in [5.74, 6) is 1.87. The minimum atomic E-state index is 0.323. The number of nitrogens with one attached hydrogen (secondary N) is 1. The first kappa shape index (κ1) is 14.8. The Morgan fingerprint density at radius 2 is 2.26 bits per heavy atom. The lowest BCUT2D eigenvalue weighted by Crippen LogP contribution is -2.34. The van der Waals surface area contributed by atoms with Crippen LogP contribution in [-0.4, -0.2) is 22.8 Å². The van der Waals surface area contributed by atoms with Crippen LogP contribution in [0.5, 0.6) is 0 Å². The minimum Gasteiger partial charge on any atom is -0.310 e. The summed E-state index contributed by atoms with van der Waals surface area (Å²) in [6, 6.07) is 0.419. The Morgan fingerprint density at radius 1 is 1.47 bits per heavy atom. The minimum absolute atomic E-state index is 0.323. The SMILES string of the molecule is CCCNC1CC(C)(C)Cc2nc(CSC)ncc21. The van der Waals surface area contributed by atoms with Gasteiger partial charge in [0.2, 0.25) is 0 Å². The predicted octanol–water partition coefficient (Wildman–Crippen LogP) is 3.35. The van der Waals surface area contributed by atoms with Crippen LogP contribution < -0.4 is 5.32 Å². The molecule has 0 aromatic carbocycles. The van der Waals surface area contributed by atoms with E-state index in [2.05, 4.69) is 43.5 Å². The third-order valence-electron chi connectivity index (χ3n) is 3.64. The fourth-order valence-electron chi connectivity index (χ4n) is 2.79. The van der Waals surface area contributed by atoms with Crippen LogP contribution in [0.3, 0.4) is 0 Å². The number of hydrogen-bond donors (Lipinski definition) is 1. The quantitative estimate of drug-likeness (QED) is 0.897. The second kappa shape index (κ2) is 6.23. The van der Waals surface area contributed by atoms with Crippen LogP contribution in [-0.2, 0) is 12.2 Å². The maximum atomic E-state index is 4.79. The van der Waals surface area contributed by atoms with Crippen molar-refractivity contribution < 1.29 is 0 Å². The zero-order chi connectivity index (χ0) is 13.9. The summed E-state index contributed by atoms with van der Waals surface area (Å²) in [7, 11) is 0. The standard InChI is InChI=1S/C15H25N3S/c1-5-6-16-12-7-15(2,3)8-13-11(12)9-17-14(18-13)10-19-4/h9,12,16H,5-8,10H2,1-4H3. The topological polar surface area (TPSA) is 37.8 Å². The molecular formula is C15H25N3S. The summed E-state index contributed by atoms with van der Waals surface area (Å²) in [6.45, 7) is 7.95. The van der Waals surface area contributed by atoms with Crippen molar-refractivity contribution in [1.29, 1.82) is 0 Å². The molecule has 0 saturated heterocycles. The molecule has 0 fully saturated rings. The highest BCUT2D eigenvalue weighted by molar-refractivity contribution is 7.97. The highest BCUT2D eigenvalue weighted by Crippen LogP contribution is 2.39. The number of fused-ring (bicyclic) bond motifs is 1. The molecule has 0 saturated carbocycles. The van der Waals surface area contributed by atoms with Gasteiger partial charge in [0.15, 0.2) is 0 Å². The fourth-order valence-corrected chi connectivity index (χ4v) is 3.19. The third kappa shape index (κ3) is 3.69. The van der Waals surface area contributed by atoms with E-state index in [9.17, 15) is 0 Å². The predicted molar refractivity (Wildman–Crippen MR) is 82.4 cm³/mol. The Labute approximate surface area is 121 Å². The highest BCUT2D eigenvalue weighted by Gasteiger charge is 2.33. The summed E-state index contributed by atoms with van der Waals surface area (Å²) in [6.07, 6.45) is 7.55. The van der Waals surface area contributed by atoms with Crippen LogP contribution in [0.25, 0.3) is 0 Å². The van der Waals surface area contributed by atoms with E-state index < -0.39 is 0 Å². The Morgan fingerprint density at radius 3 is 2.95 bits per heavy atom. The molecule has 1 aromatic rings. The largest absolute Gasteiger partial charge is 0.310 e. The maximum Gasteiger partial charge on any atom is 0.138 e. The lowest BCUT2D eigenvalue weighted by Gasteiger charge is -2.36. The fraction of sp³-hybridized carbons (Fsp3) is 0.733. The first-order chi connectivity index (χ1) is 9.05. The van der Waals surface area contributed by atoms with Crippen molar-refractivity contribution in [1.82, 2.24) is 15.3 Å². The van der Waals surface area contributed by atoms with E-state index >= 15 is 0 Å². The Kier molecular flexibility index (Phi) is 4.85. The summed E-state index contributed by atoms with van der Waals surface area (Å²) < 4.78 is 0. The first-order valence-corrected chi connectivity index (χ1v) is 8.52. The number of thioether (sulfide) groups is 1. The van der Waals surface area contributed by atoms with Gasteiger partial charge in [0.1, 0.15) is 5.82 Å². The monoisotopic (exact) mass is 279 g/mol. The molecule has 1 heterocycles. The van der Waals surface area contributed by atoms with E-state index in [4.69, 9.17) is 4.98 Å². The molecule has 3 nitrogen and oxygen atoms in total. The van der Waals surface area contributed by atoms with E-state index in [0.717, 1.165) is 31.0 Å². The second-order valence-electron chi connectivity index (χ2n) is 6.17. The smallest absolute Gasteiger partial charge is 0.138 e. The molecule has 0 spiro atoms. The van der Waals surface area contributed by atoms with Crippen LogP contribution in [0.15, 0.2) is 6.20 Å². The van der Waals surface area contributed by atoms with Gasteiger partial charge in [-0.3, -0.25) is 0 Å². The Bertz CT molecular complexity index is 431. The van der Waals surface area contributed by atoms with Crippen molar-refractivity contribution in [2.45, 2.75) is 51.8 Å².